The Morgan fingerprint density at radius 1 is 1.03 bits per heavy atom. The number of hydrogen-bond acceptors (Lipinski definition) is 4. The maximum Gasteiger partial charge on any atom is 0.242 e. The van der Waals surface area contributed by atoms with E-state index in [0.717, 1.165) is 22.2 Å². The minimum atomic E-state index is -0.383. The van der Waals surface area contributed by atoms with Gasteiger partial charge in [-0.15, -0.1) is 10.2 Å². The van der Waals surface area contributed by atoms with E-state index in [-0.39, 0.29) is 11.2 Å². The quantitative estimate of drug-likeness (QED) is 0.545. The molecule has 0 spiro atoms. The Morgan fingerprint density at radius 3 is 2.41 bits per heavy atom. The summed E-state index contributed by atoms with van der Waals surface area (Å²) in [5, 5.41) is 12.6. The average Bonchev–Trinajstić information content (AvgIpc) is 3.67. The summed E-state index contributed by atoms with van der Waals surface area (Å²) in [5.74, 6) is 1.62. The topological polar surface area (TPSA) is 59.8 Å². The van der Waals surface area contributed by atoms with Crippen LogP contribution in [0.4, 0.5) is 5.69 Å². The molecule has 5 nitrogen and oxygen atoms in total. The van der Waals surface area contributed by atoms with Crippen molar-refractivity contribution in [1.29, 1.82) is 0 Å². The summed E-state index contributed by atoms with van der Waals surface area (Å²) in [6.45, 7) is 2.04. The summed E-state index contributed by atoms with van der Waals surface area (Å²) in [6.07, 6.45) is 4.75. The van der Waals surface area contributed by atoms with Crippen LogP contribution in [-0.2, 0) is 4.79 Å². The van der Waals surface area contributed by atoms with Gasteiger partial charge in [0.1, 0.15) is 11.1 Å². The van der Waals surface area contributed by atoms with E-state index in [1.807, 2.05) is 61.5 Å². The van der Waals surface area contributed by atoms with Gasteiger partial charge in [0.15, 0.2) is 5.16 Å². The molecule has 6 heteroatoms. The number of hydrogen-bond donors (Lipinski definition) is 1. The lowest BCUT2D eigenvalue weighted by atomic mass is 10.1. The predicted molar refractivity (Wildman–Crippen MR) is 115 cm³/mol. The number of thioether (sulfide) groups is 1. The Bertz CT molecular complexity index is 1010. The third-order valence-corrected chi connectivity index (χ3v) is 6.64. The summed E-state index contributed by atoms with van der Waals surface area (Å²) < 4.78 is 2.30. The van der Waals surface area contributed by atoms with Gasteiger partial charge in [-0.25, -0.2) is 0 Å². The van der Waals surface area contributed by atoms with Crippen LogP contribution < -0.4 is 5.32 Å². The number of anilines is 1. The van der Waals surface area contributed by atoms with Gasteiger partial charge in [0.25, 0.3) is 0 Å². The van der Waals surface area contributed by atoms with E-state index in [1.165, 1.54) is 43.0 Å². The maximum atomic E-state index is 13.3. The Morgan fingerprint density at radius 2 is 1.76 bits per heavy atom. The van der Waals surface area contributed by atoms with E-state index in [2.05, 4.69) is 20.1 Å². The normalized spacial score (nSPS) is 17.1. The SMILES string of the molecule is Cc1ccc(NC(=O)C(Sc2nnc(C3CC3)n2C2CC2)c2ccccc2)cc1. The number of benzene rings is 2. The van der Waals surface area contributed by atoms with Crippen molar-refractivity contribution >= 4 is 23.4 Å². The first-order chi connectivity index (χ1) is 14.2. The first-order valence-electron chi connectivity index (χ1n) is 10.2. The molecule has 1 atom stereocenters. The highest BCUT2D eigenvalue weighted by atomic mass is 32.2. The van der Waals surface area contributed by atoms with E-state index in [9.17, 15) is 4.79 Å². The number of nitrogens with zero attached hydrogens (tertiary/aromatic N) is 3. The molecule has 2 aliphatic rings. The van der Waals surface area contributed by atoms with Gasteiger partial charge < -0.3 is 9.88 Å². The summed E-state index contributed by atoms with van der Waals surface area (Å²) in [6, 6.07) is 18.3. The van der Waals surface area contributed by atoms with E-state index in [1.54, 1.807) is 0 Å². The molecular formula is C23H24N4OS. The zero-order chi connectivity index (χ0) is 19.8. The second-order valence-corrected chi connectivity index (χ2v) is 9.05. The summed E-state index contributed by atoms with van der Waals surface area (Å²) in [5.41, 5.74) is 2.95. The van der Waals surface area contributed by atoms with E-state index in [4.69, 9.17) is 0 Å². The lowest BCUT2D eigenvalue weighted by Gasteiger charge is -2.17. The van der Waals surface area contributed by atoms with Crippen molar-refractivity contribution in [2.45, 2.75) is 55.0 Å². The number of amides is 1. The van der Waals surface area contributed by atoms with Crippen molar-refractivity contribution in [3.8, 4) is 0 Å². The van der Waals surface area contributed by atoms with Gasteiger partial charge in [0.2, 0.25) is 5.91 Å². The lowest BCUT2D eigenvalue weighted by molar-refractivity contribution is -0.115. The Kier molecular flexibility index (Phi) is 4.87. The fourth-order valence-electron chi connectivity index (χ4n) is 3.52. The molecule has 2 saturated carbocycles. The van der Waals surface area contributed by atoms with Crippen LogP contribution in [0.2, 0.25) is 0 Å². The summed E-state index contributed by atoms with van der Waals surface area (Å²) >= 11 is 1.51. The van der Waals surface area contributed by atoms with Gasteiger partial charge in [-0.05, 0) is 50.3 Å². The number of rotatable bonds is 7. The molecule has 1 heterocycles. The van der Waals surface area contributed by atoms with Crippen molar-refractivity contribution in [3.63, 3.8) is 0 Å². The molecule has 0 aliphatic heterocycles. The Balaban J connectivity index is 1.44. The summed E-state index contributed by atoms with van der Waals surface area (Å²) in [7, 11) is 0. The molecule has 1 aromatic heterocycles. The molecule has 2 fully saturated rings. The highest BCUT2D eigenvalue weighted by molar-refractivity contribution is 8.00. The number of carbonyl (C=O) groups is 1. The molecule has 1 unspecified atom stereocenters. The standard InChI is InChI=1S/C23H24N4OS/c1-15-7-11-18(12-8-15)24-22(28)20(16-5-3-2-4-6-16)29-23-26-25-21(17-9-10-17)27(23)19-13-14-19/h2-8,11-12,17,19-20H,9-10,13-14H2,1H3,(H,24,28). The zero-order valence-corrected chi connectivity index (χ0v) is 17.2. The fourth-order valence-corrected chi connectivity index (χ4v) is 4.63. The molecule has 148 valence electrons. The maximum absolute atomic E-state index is 13.3. The molecule has 0 radical (unpaired) electrons. The molecule has 1 N–H and O–H groups in total. The Hall–Kier alpha value is -2.60. The predicted octanol–water partition coefficient (Wildman–Crippen LogP) is 5.27. The number of nitrogens with one attached hydrogen (secondary N) is 1. The largest absolute Gasteiger partial charge is 0.325 e. The van der Waals surface area contributed by atoms with Gasteiger partial charge >= 0.3 is 0 Å². The van der Waals surface area contributed by atoms with E-state index < -0.39 is 0 Å². The van der Waals surface area contributed by atoms with Crippen LogP contribution in [0.15, 0.2) is 59.8 Å². The molecule has 0 saturated heterocycles. The number of aromatic nitrogens is 3. The number of aryl methyl sites for hydroxylation is 1. The number of carbonyl (C=O) groups excluding carboxylic acids is 1. The first kappa shape index (κ1) is 18.4. The second kappa shape index (κ2) is 7.67. The molecule has 5 rings (SSSR count). The van der Waals surface area contributed by atoms with Crippen molar-refractivity contribution in [3.05, 3.63) is 71.5 Å². The molecule has 0 bridgehead atoms. The van der Waals surface area contributed by atoms with Crippen molar-refractivity contribution in [1.82, 2.24) is 14.8 Å². The van der Waals surface area contributed by atoms with Crippen LogP contribution in [0.1, 0.15) is 59.8 Å². The van der Waals surface area contributed by atoms with Crippen molar-refractivity contribution in [2.24, 2.45) is 0 Å². The highest BCUT2D eigenvalue weighted by Gasteiger charge is 2.37. The van der Waals surface area contributed by atoms with E-state index in [0.29, 0.717) is 12.0 Å². The highest BCUT2D eigenvalue weighted by Crippen LogP contribution is 2.47. The van der Waals surface area contributed by atoms with Gasteiger partial charge in [-0.2, -0.15) is 0 Å². The first-order valence-corrected chi connectivity index (χ1v) is 11.1. The smallest absolute Gasteiger partial charge is 0.242 e. The van der Waals surface area contributed by atoms with Gasteiger partial charge in [0, 0.05) is 17.6 Å². The molecule has 2 aromatic carbocycles. The molecule has 1 amide bonds. The van der Waals surface area contributed by atoms with Crippen molar-refractivity contribution in [2.75, 3.05) is 5.32 Å². The van der Waals surface area contributed by atoms with E-state index >= 15 is 0 Å². The van der Waals surface area contributed by atoms with Crippen LogP contribution >= 0.6 is 11.8 Å². The molecule has 2 aliphatic carbocycles. The third-order valence-electron chi connectivity index (χ3n) is 5.43. The average molecular weight is 405 g/mol. The van der Waals surface area contributed by atoms with Crippen LogP contribution in [0, 0.1) is 6.92 Å². The van der Waals surface area contributed by atoms with Crippen LogP contribution in [0.3, 0.4) is 0 Å². The summed E-state index contributed by atoms with van der Waals surface area (Å²) in [4.78, 5) is 13.3. The molecular weight excluding hydrogens is 380 g/mol. The van der Waals surface area contributed by atoms with Crippen LogP contribution in [0.5, 0.6) is 0 Å². The minimum Gasteiger partial charge on any atom is -0.325 e. The fraction of sp³-hybridized carbons (Fsp3) is 0.348. The van der Waals surface area contributed by atoms with Gasteiger partial charge in [-0.1, -0.05) is 59.8 Å². The Labute approximate surface area is 174 Å². The minimum absolute atomic E-state index is 0.0385. The van der Waals surface area contributed by atoms with Crippen LogP contribution in [-0.4, -0.2) is 20.7 Å². The third kappa shape index (κ3) is 4.08. The zero-order valence-electron chi connectivity index (χ0n) is 16.4. The monoisotopic (exact) mass is 404 g/mol. The van der Waals surface area contributed by atoms with Crippen molar-refractivity contribution < 1.29 is 4.79 Å². The lowest BCUT2D eigenvalue weighted by Crippen LogP contribution is -2.19. The molecule has 3 aromatic rings. The van der Waals surface area contributed by atoms with Gasteiger partial charge in [-0.3, -0.25) is 4.79 Å². The molecule has 29 heavy (non-hydrogen) atoms. The second-order valence-electron chi connectivity index (χ2n) is 7.98. The van der Waals surface area contributed by atoms with Crippen LogP contribution in [0.25, 0.3) is 0 Å². The van der Waals surface area contributed by atoms with Gasteiger partial charge in [0.05, 0.1) is 0 Å².